The summed E-state index contributed by atoms with van der Waals surface area (Å²) in [6, 6.07) is 24.7. The van der Waals surface area contributed by atoms with Crippen LogP contribution >= 0.6 is 0 Å². The first-order valence-corrected chi connectivity index (χ1v) is 11.0. The number of nitrogens with one attached hydrogen (secondary N) is 2. The van der Waals surface area contributed by atoms with Gasteiger partial charge in [-0.2, -0.15) is 5.10 Å². The molecule has 8 nitrogen and oxygen atoms in total. The summed E-state index contributed by atoms with van der Waals surface area (Å²) in [7, 11) is 1.46. The van der Waals surface area contributed by atoms with Crippen LogP contribution in [0.1, 0.15) is 21.5 Å². The van der Waals surface area contributed by atoms with Gasteiger partial charge in [0.2, 0.25) is 0 Å². The number of hydrazone groups is 1. The number of hydrogen-bond acceptors (Lipinski definition) is 6. The van der Waals surface area contributed by atoms with Gasteiger partial charge in [-0.1, -0.05) is 60.2 Å². The zero-order valence-electron chi connectivity index (χ0n) is 19.6. The van der Waals surface area contributed by atoms with Crippen molar-refractivity contribution in [1.29, 1.82) is 0 Å². The van der Waals surface area contributed by atoms with E-state index < -0.39 is 17.8 Å². The highest BCUT2D eigenvalue weighted by Gasteiger charge is 2.16. The second-order valence-corrected chi connectivity index (χ2v) is 7.81. The van der Waals surface area contributed by atoms with Crippen molar-refractivity contribution in [3.8, 4) is 11.5 Å². The van der Waals surface area contributed by atoms with Crippen molar-refractivity contribution < 1.29 is 23.9 Å². The number of carbonyl (C=O) groups excluding carboxylic acids is 3. The number of esters is 1. The predicted octanol–water partition coefficient (Wildman–Crippen LogP) is 4.46. The highest BCUT2D eigenvalue weighted by molar-refractivity contribution is 6.39. The maximum absolute atomic E-state index is 12.7. The summed E-state index contributed by atoms with van der Waals surface area (Å²) in [6.45, 7) is 1.93. The van der Waals surface area contributed by atoms with E-state index in [0.717, 1.165) is 16.3 Å². The molecule has 36 heavy (non-hydrogen) atoms. The molecular formula is C28H23N3O5. The summed E-state index contributed by atoms with van der Waals surface area (Å²) in [5.41, 5.74) is 4.46. The second kappa shape index (κ2) is 11.0. The van der Waals surface area contributed by atoms with Gasteiger partial charge in [0.1, 0.15) is 11.5 Å². The van der Waals surface area contributed by atoms with Crippen LogP contribution < -0.4 is 20.2 Å². The lowest BCUT2D eigenvalue weighted by molar-refractivity contribution is -0.136. The first-order valence-electron chi connectivity index (χ1n) is 11.0. The average Bonchev–Trinajstić information content (AvgIpc) is 2.90. The number of hydrogen-bond donors (Lipinski definition) is 2. The average molecular weight is 482 g/mol. The molecule has 0 aliphatic rings. The molecule has 0 fully saturated rings. The molecule has 4 rings (SSSR count). The van der Waals surface area contributed by atoms with Gasteiger partial charge in [0.05, 0.1) is 24.6 Å². The maximum Gasteiger partial charge on any atom is 0.343 e. The number of benzene rings is 4. The Morgan fingerprint density at radius 1 is 0.806 bits per heavy atom. The fourth-order valence-electron chi connectivity index (χ4n) is 3.48. The van der Waals surface area contributed by atoms with Crippen LogP contribution in [0.4, 0.5) is 5.69 Å². The summed E-state index contributed by atoms with van der Waals surface area (Å²) in [5.74, 6) is -1.75. The quantitative estimate of drug-likeness (QED) is 0.139. The van der Waals surface area contributed by atoms with E-state index in [2.05, 4.69) is 15.8 Å². The number of anilines is 1. The third-order valence-corrected chi connectivity index (χ3v) is 5.34. The minimum absolute atomic E-state index is 0.260. The molecule has 0 aliphatic carbocycles. The minimum Gasteiger partial charge on any atom is -0.495 e. The standard InChI is InChI=1S/C28H23N3O5/c1-18-11-13-20(14-12-18)28(34)36-24-16-15-19-7-3-4-8-21(19)22(24)17-29-31-27(33)26(32)30-23-9-5-6-10-25(23)35-2/h3-17H,1-2H3,(H,30,32)(H,31,33)/b29-17-. The van der Waals surface area contributed by atoms with Gasteiger partial charge >= 0.3 is 17.8 Å². The number of ether oxygens (including phenoxy) is 2. The molecule has 2 amide bonds. The molecule has 0 heterocycles. The predicted molar refractivity (Wildman–Crippen MR) is 137 cm³/mol. The molecule has 8 heteroatoms. The second-order valence-electron chi connectivity index (χ2n) is 7.81. The van der Waals surface area contributed by atoms with Crippen molar-refractivity contribution in [2.24, 2.45) is 5.10 Å². The van der Waals surface area contributed by atoms with Gasteiger partial charge in [0.25, 0.3) is 0 Å². The number of methoxy groups -OCH3 is 1. The first kappa shape index (κ1) is 24.2. The van der Waals surface area contributed by atoms with Crippen molar-refractivity contribution in [2.45, 2.75) is 6.92 Å². The number of amides is 2. The largest absolute Gasteiger partial charge is 0.495 e. The molecule has 0 saturated carbocycles. The van der Waals surface area contributed by atoms with Gasteiger partial charge < -0.3 is 14.8 Å². The molecule has 0 radical (unpaired) electrons. The van der Waals surface area contributed by atoms with Crippen molar-refractivity contribution in [1.82, 2.24) is 5.43 Å². The fraction of sp³-hybridized carbons (Fsp3) is 0.0714. The lowest BCUT2D eigenvalue weighted by Gasteiger charge is -2.11. The monoisotopic (exact) mass is 481 g/mol. The van der Waals surface area contributed by atoms with Crippen molar-refractivity contribution in [2.75, 3.05) is 12.4 Å². The first-order chi connectivity index (χ1) is 17.5. The third kappa shape index (κ3) is 5.56. The van der Waals surface area contributed by atoms with Gasteiger partial charge in [-0.3, -0.25) is 9.59 Å². The number of fused-ring (bicyclic) bond motifs is 1. The lowest BCUT2D eigenvalue weighted by Crippen LogP contribution is -2.32. The maximum atomic E-state index is 12.7. The van der Waals surface area contributed by atoms with Gasteiger partial charge in [-0.25, -0.2) is 10.2 Å². The number of aryl methyl sites for hydroxylation is 1. The van der Waals surface area contributed by atoms with Gasteiger partial charge in [0, 0.05) is 5.56 Å². The Morgan fingerprint density at radius 2 is 1.53 bits per heavy atom. The molecule has 180 valence electrons. The lowest BCUT2D eigenvalue weighted by atomic mass is 10.0. The molecule has 4 aromatic rings. The summed E-state index contributed by atoms with van der Waals surface area (Å²) in [4.78, 5) is 37.3. The molecular weight excluding hydrogens is 458 g/mol. The zero-order chi connectivity index (χ0) is 25.5. The molecule has 0 atom stereocenters. The summed E-state index contributed by atoms with van der Waals surface area (Å²) < 4.78 is 10.8. The Labute approximate surface area is 207 Å². The molecule has 0 aromatic heterocycles. The molecule has 2 N–H and O–H groups in total. The molecule has 0 saturated heterocycles. The number of carbonyl (C=O) groups is 3. The van der Waals surface area contributed by atoms with E-state index in [1.165, 1.54) is 13.3 Å². The Balaban J connectivity index is 1.54. The Kier molecular flexibility index (Phi) is 7.36. The third-order valence-electron chi connectivity index (χ3n) is 5.34. The highest BCUT2D eigenvalue weighted by atomic mass is 16.5. The molecule has 4 aromatic carbocycles. The molecule has 0 spiro atoms. The minimum atomic E-state index is -0.976. The molecule has 0 unspecified atom stereocenters. The topological polar surface area (TPSA) is 106 Å². The van der Waals surface area contributed by atoms with Crippen molar-refractivity contribution in [3.05, 3.63) is 102 Å². The van der Waals surface area contributed by atoms with Crippen LogP contribution in [0, 0.1) is 6.92 Å². The number of para-hydroxylation sites is 2. The summed E-state index contributed by atoms with van der Waals surface area (Å²) >= 11 is 0. The normalized spacial score (nSPS) is 10.7. The van der Waals surface area contributed by atoms with E-state index in [4.69, 9.17) is 9.47 Å². The smallest absolute Gasteiger partial charge is 0.343 e. The van der Waals surface area contributed by atoms with Crippen LogP contribution in [0.2, 0.25) is 0 Å². The Morgan fingerprint density at radius 3 is 2.31 bits per heavy atom. The summed E-state index contributed by atoms with van der Waals surface area (Å²) in [5, 5.41) is 8.06. The van der Waals surface area contributed by atoms with Gasteiger partial charge in [-0.05, 0) is 48.0 Å². The Bertz CT molecular complexity index is 1460. The van der Waals surface area contributed by atoms with E-state index in [0.29, 0.717) is 22.6 Å². The van der Waals surface area contributed by atoms with E-state index in [1.807, 2.05) is 49.4 Å². The highest BCUT2D eigenvalue weighted by Crippen LogP contribution is 2.27. The molecule has 0 bridgehead atoms. The van der Waals surface area contributed by atoms with Crippen LogP contribution in [-0.2, 0) is 9.59 Å². The fourth-order valence-corrected chi connectivity index (χ4v) is 3.48. The van der Waals surface area contributed by atoms with Gasteiger partial charge in [0.15, 0.2) is 0 Å². The van der Waals surface area contributed by atoms with Crippen LogP contribution in [0.25, 0.3) is 10.8 Å². The van der Waals surface area contributed by atoms with Gasteiger partial charge in [-0.15, -0.1) is 0 Å². The van der Waals surface area contributed by atoms with Crippen LogP contribution in [-0.4, -0.2) is 31.1 Å². The van der Waals surface area contributed by atoms with Crippen LogP contribution in [0.5, 0.6) is 11.5 Å². The summed E-state index contributed by atoms with van der Waals surface area (Å²) in [6.07, 6.45) is 1.34. The van der Waals surface area contributed by atoms with E-state index in [-0.39, 0.29) is 5.75 Å². The van der Waals surface area contributed by atoms with E-state index in [9.17, 15) is 14.4 Å². The molecule has 0 aliphatic heterocycles. The van der Waals surface area contributed by atoms with Crippen molar-refractivity contribution >= 4 is 40.5 Å². The van der Waals surface area contributed by atoms with Crippen molar-refractivity contribution in [3.63, 3.8) is 0 Å². The SMILES string of the molecule is COc1ccccc1NC(=O)C(=O)N/N=C\c1c(OC(=O)c2ccc(C)cc2)ccc2ccccc12. The van der Waals surface area contributed by atoms with E-state index in [1.54, 1.807) is 42.5 Å². The Hall–Kier alpha value is -4.98. The number of rotatable bonds is 6. The van der Waals surface area contributed by atoms with Crippen LogP contribution in [0.15, 0.2) is 90.0 Å². The zero-order valence-corrected chi connectivity index (χ0v) is 19.6. The van der Waals surface area contributed by atoms with E-state index >= 15 is 0 Å². The number of nitrogens with zero attached hydrogens (tertiary/aromatic N) is 1. The van der Waals surface area contributed by atoms with Crippen LogP contribution in [0.3, 0.4) is 0 Å².